The van der Waals surface area contributed by atoms with Crippen molar-refractivity contribution in [3.8, 4) is 0 Å². The van der Waals surface area contributed by atoms with Gasteiger partial charge < -0.3 is 4.74 Å². The highest BCUT2D eigenvalue weighted by Crippen LogP contribution is 2.17. The highest BCUT2D eigenvalue weighted by Gasteiger charge is 2.29. The fourth-order valence-electron chi connectivity index (χ4n) is 2.16. The Morgan fingerprint density at radius 3 is 2.30 bits per heavy atom. The predicted molar refractivity (Wildman–Crippen MR) is 81.0 cm³/mol. The van der Waals surface area contributed by atoms with E-state index < -0.39 is 10.0 Å². The molecule has 0 aromatic heterocycles. The van der Waals surface area contributed by atoms with Crippen LogP contribution in [0.4, 0.5) is 0 Å². The van der Waals surface area contributed by atoms with Crippen LogP contribution in [0.1, 0.15) is 19.4 Å². The fraction of sp³-hybridized carbons (Fsp3) is 0.429. The first kappa shape index (κ1) is 15.5. The van der Waals surface area contributed by atoms with Gasteiger partial charge in [0.2, 0.25) is 10.0 Å². The second kappa shape index (κ2) is 6.26. The summed E-state index contributed by atoms with van der Waals surface area (Å²) >= 11 is 5.79. The molecule has 1 heterocycles. The molecule has 1 aliphatic rings. The third-order valence-electron chi connectivity index (χ3n) is 3.05. The van der Waals surface area contributed by atoms with Gasteiger partial charge in [0.1, 0.15) is 0 Å². The third kappa shape index (κ3) is 4.06. The van der Waals surface area contributed by atoms with Crippen molar-refractivity contribution in [2.45, 2.75) is 26.1 Å². The number of hydrogen-bond donors (Lipinski definition) is 0. The van der Waals surface area contributed by atoms with Crippen LogP contribution in [0.25, 0.3) is 6.08 Å². The summed E-state index contributed by atoms with van der Waals surface area (Å²) in [7, 11) is -3.42. The maximum Gasteiger partial charge on any atom is 0.236 e. The van der Waals surface area contributed by atoms with Crippen LogP contribution in [0.15, 0.2) is 29.7 Å². The molecular weight excluding hydrogens is 298 g/mol. The van der Waals surface area contributed by atoms with Gasteiger partial charge >= 0.3 is 0 Å². The zero-order chi connectivity index (χ0) is 14.8. The van der Waals surface area contributed by atoms with Gasteiger partial charge in [-0.25, -0.2) is 8.42 Å². The van der Waals surface area contributed by atoms with E-state index in [9.17, 15) is 8.42 Å². The van der Waals surface area contributed by atoms with Crippen LogP contribution in [-0.4, -0.2) is 38.0 Å². The summed E-state index contributed by atoms with van der Waals surface area (Å²) in [6.45, 7) is 4.53. The second-order valence-corrected chi connectivity index (χ2v) is 7.23. The molecule has 0 spiro atoms. The lowest BCUT2D eigenvalue weighted by Gasteiger charge is -2.33. The minimum atomic E-state index is -3.42. The molecule has 110 valence electrons. The van der Waals surface area contributed by atoms with Crippen LogP contribution < -0.4 is 0 Å². The topological polar surface area (TPSA) is 46.6 Å². The number of rotatable bonds is 3. The molecule has 2 rings (SSSR count). The Bertz CT molecular complexity index is 573. The number of sulfonamides is 1. The smallest absolute Gasteiger partial charge is 0.236 e. The van der Waals surface area contributed by atoms with E-state index in [1.165, 1.54) is 9.71 Å². The minimum absolute atomic E-state index is 0.0857. The maximum atomic E-state index is 12.3. The number of halogens is 1. The van der Waals surface area contributed by atoms with Gasteiger partial charge in [-0.05, 0) is 37.6 Å². The van der Waals surface area contributed by atoms with Crippen molar-refractivity contribution in [2.24, 2.45) is 0 Å². The molecule has 20 heavy (non-hydrogen) atoms. The van der Waals surface area contributed by atoms with Gasteiger partial charge in [-0.1, -0.05) is 23.7 Å². The van der Waals surface area contributed by atoms with Gasteiger partial charge in [0.25, 0.3) is 0 Å². The Hall–Kier alpha value is -0.880. The van der Waals surface area contributed by atoms with E-state index >= 15 is 0 Å². The monoisotopic (exact) mass is 315 g/mol. The quantitative estimate of drug-likeness (QED) is 0.861. The molecule has 1 aliphatic heterocycles. The van der Waals surface area contributed by atoms with Gasteiger partial charge in [-0.15, -0.1) is 0 Å². The van der Waals surface area contributed by atoms with Gasteiger partial charge in [0.05, 0.1) is 12.2 Å². The van der Waals surface area contributed by atoms with Crippen molar-refractivity contribution >= 4 is 27.7 Å². The standard InChI is InChI=1S/C14H18ClNO3S/c1-11-9-16(10-12(2)19-11)20(17,18)8-7-13-3-5-14(15)6-4-13/h3-8,11-12H,9-10H2,1-2H3/b8-7+/t11-,12-/m1/s1. The highest BCUT2D eigenvalue weighted by atomic mass is 35.5. The first-order valence-corrected chi connectivity index (χ1v) is 8.34. The molecule has 0 saturated carbocycles. The number of morpholine rings is 1. The average molecular weight is 316 g/mol. The number of ether oxygens (including phenoxy) is 1. The molecule has 0 N–H and O–H groups in total. The molecule has 0 aliphatic carbocycles. The molecule has 1 aromatic carbocycles. The molecule has 2 atom stereocenters. The summed E-state index contributed by atoms with van der Waals surface area (Å²) in [6.07, 6.45) is 1.41. The summed E-state index contributed by atoms with van der Waals surface area (Å²) < 4.78 is 31.5. The van der Waals surface area contributed by atoms with Gasteiger partial charge in [-0.3, -0.25) is 0 Å². The maximum absolute atomic E-state index is 12.3. The van der Waals surface area contributed by atoms with Crippen LogP contribution in [0, 0.1) is 0 Å². The van der Waals surface area contributed by atoms with E-state index in [0.717, 1.165) is 5.56 Å². The lowest BCUT2D eigenvalue weighted by Crippen LogP contribution is -2.47. The summed E-state index contributed by atoms with van der Waals surface area (Å²) in [5.41, 5.74) is 0.798. The Balaban J connectivity index is 2.12. The SMILES string of the molecule is C[C@@H]1CN(S(=O)(=O)/C=C/c2ccc(Cl)cc2)C[C@@H](C)O1. The summed E-state index contributed by atoms with van der Waals surface area (Å²) in [5.74, 6) is 0. The molecule has 0 bridgehead atoms. The number of nitrogens with zero attached hydrogens (tertiary/aromatic N) is 1. The Labute approximate surface area is 125 Å². The molecular formula is C14H18ClNO3S. The molecule has 4 nitrogen and oxygen atoms in total. The van der Waals surface area contributed by atoms with Crippen molar-refractivity contribution in [1.82, 2.24) is 4.31 Å². The van der Waals surface area contributed by atoms with Crippen molar-refractivity contribution < 1.29 is 13.2 Å². The van der Waals surface area contributed by atoms with E-state index in [0.29, 0.717) is 18.1 Å². The van der Waals surface area contributed by atoms with E-state index in [4.69, 9.17) is 16.3 Å². The lowest BCUT2D eigenvalue weighted by atomic mass is 10.2. The molecule has 0 amide bonds. The summed E-state index contributed by atoms with van der Waals surface area (Å²) in [4.78, 5) is 0. The largest absolute Gasteiger partial charge is 0.373 e. The van der Waals surface area contributed by atoms with E-state index in [1.54, 1.807) is 30.3 Å². The van der Waals surface area contributed by atoms with Crippen LogP contribution in [-0.2, 0) is 14.8 Å². The van der Waals surface area contributed by atoms with Gasteiger partial charge in [0, 0.05) is 23.5 Å². The Morgan fingerprint density at radius 1 is 1.20 bits per heavy atom. The van der Waals surface area contributed by atoms with Gasteiger partial charge in [0.15, 0.2) is 0 Å². The average Bonchev–Trinajstić information content (AvgIpc) is 2.37. The van der Waals surface area contributed by atoms with E-state index in [-0.39, 0.29) is 12.2 Å². The summed E-state index contributed by atoms with van der Waals surface area (Å²) in [6, 6.07) is 7.01. The van der Waals surface area contributed by atoms with Crippen LogP contribution in [0.5, 0.6) is 0 Å². The first-order valence-electron chi connectivity index (χ1n) is 6.46. The highest BCUT2D eigenvalue weighted by molar-refractivity contribution is 7.92. The van der Waals surface area contributed by atoms with E-state index in [1.807, 2.05) is 13.8 Å². The molecule has 1 aromatic rings. The predicted octanol–water partition coefficient (Wildman–Crippen LogP) is 2.75. The molecule has 0 radical (unpaired) electrons. The zero-order valence-electron chi connectivity index (χ0n) is 11.5. The van der Waals surface area contributed by atoms with Crippen molar-refractivity contribution in [1.29, 1.82) is 0 Å². The normalized spacial score (nSPS) is 25.1. The van der Waals surface area contributed by atoms with Crippen LogP contribution in [0.2, 0.25) is 5.02 Å². The third-order valence-corrected chi connectivity index (χ3v) is 4.80. The molecule has 0 unspecified atom stereocenters. The Morgan fingerprint density at radius 2 is 1.75 bits per heavy atom. The minimum Gasteiger partial charge on any atom is -0.373 e. The molecule has 6 heteroatoms. The van der Waals surface area contributed by atoms with Crippen molar-refractivity contribution in [3.05, 3.63) is 40.3 Å². The molecule has 1 saturated heterocycles. The second-order valence-electron chi connectivity index (χ2n) is 4.97. The fourth-order valence-corrected chi connectivity index (χ4v) is 3.63. The van der Waals surface area contributed by atoms with Crippen molar-refractivity contribution in [2.75, 3.05) is 13.1 Å². The van der Waals surface area contributed by atoms with Crippen LogP contribution in [0.3, 0.4) is 0 Å². The van der Waals surface area contributed by atoms with Crippen molar-refractivity contribution in [3.63, 3.8) is 0 Å². The molecule has 1 fully saturated rings. The first-order chi connectivity index (χ1) is 9.37. The number of hydrogen-bond acceptors (Lipinski definition) is 3. The van der Waals surface area contributed by atoms with E-state index in [2.05, 4.69) is 0 Å². The summed E-state index contributed by atoms with van der Waals surface area (Å²) in [5, 5.41) is 1.86. The van der Waals surface area contributed by atoms with Gasteiger partial charge in [-0.2, -0.15) is 4.31 Å². The Kier molecular flexibility index (Phi) is 4.86. The number of benzene rings is 1. The zero-order valence-corrected chi connectivity index (χ0v) is 13.1. The van der Waals surface area contributed by atoms with Crippen LogP contribution >= 0.6 is 11.6 Å². The lowest BCUT2D eigenvalue weighted by molar-refractivity contribution is -0.0437.